The molecule has 1 aliphatic carbocycles. The van der Waals surface area contributed by atoms with Gasteiger partial charge >= 0.3 is 12.1 Å². The number of aromatic amines is 1. The lowest BCUT2D eigenvalue weighted by molar-refractivity contribution is -0.0393. The Balaban J connectivity index is 1.53. The Bertz CT molecular complexity index is 2400. The third kappa shape index (κ3) is 11.4. The van der Waals surface area contributed by atoms with Gasteiger partial charge in [0, 0.05) is 5.69 Å². The first-order valence-corrected chi connectivity index (χ1v) is 24.4. The zero-order chi connectivity index (χ0) is 45.1. The molecule has 0 saturated heterocycles. The molecule has 5 aromatic rings. The van der Waals surface area contributed by atoms with E-state index in [4.69, 9.17) is 19.2 Å². The second-order valence-corrected chi connectivity index (χ2v) is 18.6. The molecule has 3 unspecified atom stereocenters. The molecule has 3 aromatic carbocycles. The smallest absolute Gasteiger partial charge is 0.425 e. The molecule has 1 fully saturated rings. The number of carbonyl (C=O) groups excluding carboxylic acids is 2. The number of ether oxygens (including phenoxy) is 3. The first-order chi connectivity index (χ1) is 30.4. The van der Waals surface area contributed by atoms with Gasteiger partial charge in [0.2, 0.25) is 15.9 Å². The highest BCUT2D eigenvalue weighted by Gasteiger charge is 2.40. The van der Waals surface area contributed by atoms with Crippen LogP contribution in [0.5, 0.6) is 11.6 Å². The van der Waals surface area contributed by atoms with Crippen molar-refractivity contribution in [1.82, 2.24) is 14.6 Å². The number of esters is 1. The average molecular weight is 879 g/mol. The second-order valence-electron chi connectivity index (χ2n) is 16.9. The summed E-state index contributed by atoms with van der Waals surface area (Å²) >= 11 is 0. The minimum Gasteiger partial charge on any atom is -0.490 e. The summed E-state index contributed by atoms with van der Waals surface area (Å²) in [6, 6.07) is 25.0. The maximum Gasteiger partial charge on any atom is 0.425 e. The minimum atomic E-state index is -3.67. The Morgan fingerprint density at radius 2 is 1.52 bits per heavy atom. The molecule has 3 atom stereocenters. The molecule has 2 N–H and O–H groups in total. The van der Waals surface area contributed by atoms with E-state index in [-0.39, 0.29) is 58.2 Å². The van der Waals surface area contributed by atoms with Crippen LogP contribution in [0.15, 0.2) is 78.9 Å². The number of fused-ring (bicyclic) bond motifs is 1. The van der Waals surface area contributed by atoms with Gasteiger partial charge in [-0.25, -0.2) is 32.4 Å². The molecular formula is C49H62N6O7S. The summed E-state index contributed by atoms with van der Waals surface area (Å²) in [5, 5.41) is 14.1. The van der Waals surface area contributed by atoms with E-state index in [0.717, 1.165) is 83.3 Å². The fraction of sp³-hybridized carbons (Fsp3) is 0.469. The number of hydrogen-bond acceptors (Lipinski definition) is 9. The van der Waals surface area contributed by atoms with E-state index < -0.39 is 22.1 Å². The van der Waals surface area contributed by atoms with Gasteiger partial charge in [0.15, 0.2) is 11.5 Å². The van der Waals surface area contributed by atoms with Gasteiger partial charge in [0.25, 0.3) is 0 Å². The number of carbonyl (C=O) groups is 2. The van der Waals surface area contributed by atoms with E-state index in [0.29, 0.717) is 28.6 Å². The summed E-state index contributed by atoms with van der Waals surface area (Å²) in [5.41, 5.74) is 1.32. The minimum absolute atomic E-state index is 0.00478. The zero-order valence-electron chi connectivity index (χ0n) is 37.4. The van der Waals surface area contributed by atoms with Crippen molar-refractivity contribution >= 4 is 44.8 Å². The lowest BCUT2D eigenvalue weighted by atomic mass is 9.70. The van der Waals surface area contributed by atoms with Crippen molar-refractivity contribution in [2.45, 2.75) is 124 Å². The maximum atomic E-state index is 14.9. The summed E-state index contributed by atoms with van der Waals surface area (Å²) in [5.74, 6) is 0.373. The summed E-state index contributed by atoms with van der Waals surface area (Å²) in [7, 11) is -3.67. The first kappa shape index (κ1) is 46.7. The molecule has 6 rings (SSSR count). The highest BCUT2D eigenvalue weighted by Crippen LogP contribution is 2.42. The normalized spacial score (nSPS) is 18.0. The quantitative estimate of drug-likeness (QED) is 0.0723. The molecule has 0 aliphatic heterocycles. The molecule has 0 radical (unpaired) electrons. The molecule has 1 aliphatic rings. The number of para-hydroxylation sites is 2. The Labute approximate surface area is 372 Å². The van der Waals surface area contributed by atoms with E-state index in [9.17, 15) is 23.3 Å². The van der Waals surface area contributed by atoms with Gasteiger partial charge in [-0.3, -0.25) is 9.82 Å². The van der Waals surface area contributed by atoms with Crippen LogP contribution in [0.2, 0.25) is 0 Å². The van der Waals surface area contributed by atoms with Crippen LogP contribution < -0.4 is 19.1 Å². The third-order valence-corrected chi connectivity index (χ3v) is 12.5. The van der Waals surface area contributed by atoms with E-state index in [1.54, 1.807) is 66.7 Å². The maximum absolute atomic E-state index is 14.9. The van der Waals surface area contributed by atoms with E-state index in [1.165, 1.54) is 9.42 Å². The van der Waals surface area contributed by atoms with Gasteiger partial charge in [-0.15, -0.1) is 0 Å². The number of nitrogens with one attached hydrogen (secondary N) is 2. The SMILES string of the molecule is CCCCC(CC)Oc1ccc(NS(C)(=O)=O)cc1-c1nc2c(C(=O)OC3C(CCCC)CC(C)CC3CCCC)c(C#N)c(OC(=O)N(c3ccccc3)c3ccccc3)n2[nH]1. The number of H-pyrrole nitrogens is 1. The van der Waals surface area contributed by atoms with Crippen LogP contribution in [0.4, 0.5) is 21.9 Å². The van der Waals surface area contributed by atoms with E-state index >= 15 is 0 Å². The van der Waals surface area contributed by atoms with Crippen LogP contribution >= 0.6 is 0 Å². The first-order valence-electron chi connectivity index (χ1n) is 22.6. The molecule has 63 heavy (non-hydrogen) atoms. The van der Waals surface area contributed by atoms with Crippen molar-refractivity contribution in [3.8, 4) is 29.1 Å². The summed E-state index contributed by atoms with van der Waals surface area (Å²) in [6.07, 6.45) is 10.9. The van der Waals surface area contributed by atoms with E-state index in [2.05, 4.69) is 43.6 Å². The number of sulfonamides is 1. The van der Waals surface area contributed by atoms with Crippen LogP contribution in [0.3, 0.4) is 0 Å². The molecule has 2 heterocycles. The van der Waals surface area contributed by atoms with Crippen molar-refractivity contribution in [1.29, 1.82) is 5.26 Å². The summed E-state index contributed by atoms with van der Waals surface area (Å²) < 4.78 is 48.1. The Morgan fingerprint density at radius 1 is 0.921 bits per heavy atom. The predicted molar refractivity (Wildman–Crippen MR) is 247 cm³/mol. The number of benzene rings is 3. The highest BCUT2D eigenvalue weighted by molar-refractivity contribution is 7.92. The standard InChI is InChI=1S/C49H62N6O7S/c1-7-11-20-34-29-33(5)30-35(21-12-8-2)44(34)61-48(56)43-41(32-50)47(62-49(57)54(37-22-16-14-17-23-37)38-24-18-15-19-25-38)55-46(43)51-45(52-55)40-31-36(53-63(6,58)59)27-28-42(40)60-39(10-4)26-13-9-3/h14-19,22-25,27-28,31,33-35,39,44,53H,7-13,20-21,26,29-30H2,1-6H3,(H,51,52). The number of unbranched alkanes of at least 4 members (excludes halogenated alkanes) is 3. The molecule has 13 nitrogen and oxygen atoms in total. The molecule has 336 valence electrons. The Morgan fingerprint density at radius 3 is 2.06 bits per heavy atom. The molecular weight excluding hydrogens is 817 g/mol. The van der Waals surface area contributed by atoms with E-state index in [1.807, 2.05) is 19.1 Å². The number of rotatable bonds is 20. The highest BCUT2D eigenvalue weighted by atomic mass is 32.2. The molecule has 0 bridgehead atoms. The van der Waals surface area contributed by atoms with Crippen LogP contribution in [-0.4, -0.2) is 53.5 Å². The molecule has 1 saturated carbocycles. The topological polar surface area (TPSA) is 168 Å². The van der Waals surface area contributed by atoms with Gasteiger partial charge in [-0.1, -0.05) is 110 Å². The van der Waals surface area contributed by atoms with Gasteiger partial charge < -0.3 is 14.2 Å². The van der Waals surface area contributed by atoms with Crippen molar-refractivity contribution in [3.63, 3.8) is 0 Å². The van der Waals surface area contributed by atoms with Crippen LogP contribution in [0.1, 0.15) is 128 Å². The van der Waals surface area contributed by atoms with Gasteiger partial charge in [0.1, 0.15) is 29.0 Å². The number of nitrogens with zero attached hydrogens (tertiary/aromatic N) is 4. The third-order valence-electron chi connectivity index (χ3n) is 11.9. The lowest BCUT2D eigenvalue weighted by Gasteiger charge is -2.40. The van der Waals surface area contributed by atoms with Crippen LogP contribution in [0.25, 0.3) is 17.0 Å². The zero-order valence-corrected chi connectivity index (χ0v) is 38.2. The fourth-order valence-electron chi connectivity index (χ4n) is 8.85. The molecule has 2 aromatic heterocycles. The molecule has 14 heteroatoms. The summed E-state index contributed by atoms with van der Waals surface area (Å²) in [6.45, 7) is 10.7. The Kier molecular flexibility index (Phi) is 15.9. The van der Waals surface area contributed by atoms with Crippen molar-refractivity contribution in [2.75, 3.05) is 15.9 Å². The van der Waals surface area contributed by atoms with Gasteiger partial charge in [-0.2, -0.15) is 5.26 Å². The number of nitriles is 1. The Hall–Kier alpha value is -5.81. The van der Waals surface area contributed by atoms with Crippen LogP contribution in [0, 0.1) is 29.1 Å². The largest absolute Gasteiger partial charge is 0.490 e. The lowest BCUT2D eigenvalue weighted by Crippen LogP contribution is -2.40. The number of anilines is 3. The molecule has 1 amide bonds. The number of hydrogen-bond donors (Lipinski definition) is 2. The second kappa shape index (κ2) is 21.5. The van der Waals surface area contributed by atoms with Gasteiger partial charge in [-0.05, 0) is 98.7 Å². The van der Waals surface area contributed by atoms with Crippen LogP contribution in [-0.2, 0) is 14.8 Å². The average Bonchev–Trinajstić information content (AvgIpc) is 3.82. The summed E-state index contributed by atoms with van der Waals surface area (Å²) in [4.78, 5) is 35.8. The number of aromatic nitrogens is 3. The monoisotopic (exact) mass is 878 g/mol. The van der Waals surface area contributed by atoms with Crippen molar-refractivity contribution < 1.29 is 32.2 Å². The van der Waals surface area contributed by atoms with Gasteiger partial charge in [0.05, 0.1) is 29.3 Å². The van der Waals surface area contributed by atoms with Crippen molar-refractivity contribution in [3.05, 3.63) is 90.0 Å². The number of amides is 1. The predicted octanol–water partition coefficient (Wildman–Crippen LogP) is 11.8. The van der Waals surface area contributed by atoms with Crippen molar-refractivity contribution in [2.24, 2.45) is 17.8 Å². The molecule has 0 spiro atoms. The fourth-order valence-corrected chi connectivity index (χ4v) is 9.40.